The van der Waals surface area contributed by atoms with Gasteiger partial charge in [0.05, 0.1) is 11.6 Å². The van der Waals surface area contributed by atoms with Gasteiger partial charge in [-0.3, -0.25) is 20.5 Å². The van der Waals surface area contributed by atoms with Crippen molar-refractivity contribution >= 4 is 40.1 Å². The molecule has 178 valence electrons. The van der Waals surface area contributed by atoms with E-state index < -0.39 is 0 Å². The lowest BCUT2D eigenvalue weighted by Crippen LogP contribution is -2.38. The Bertz CT molecular complexity index is 1010. The third kappa shape index (κ3) is 6.12. The molecule has 4 rings (SSSR count). The predicted molar refractivity (Wildman–Crippen MR) is 131 cm³/mol. The van der Waals surface area contributed by atoms with Crippen LogP contribution in [0.3, 0.4) is 0 Å². The molecule has 2 saturated carbocycles. The molecule has 2 atom stereocenters. The first-order valence-electron chi connectivity index (χ1n) is 12.0. The SMILES string of the molecule is CC(=N[C@@H]1CCCC[C@@H]1Nc1nc(C(=O)NC2CCCCCC2)nc2ccc(Cl)cc12)NO. The molecule has 4 N–H and O–H groups in total. The molecule has 1 aromatic carbocycles. The first kappa shape index (κ1) is 23.7. The third-order valence-electron chi connectivity index (χ3n) is 6.62. The van der Waals surface area contributed by atoms with Crippen LogP contribution in [0.1, 0.15) is 81.8 Å². The highest BCUT2D eigenvalue weighted by atomic mass is 35.5. The number of carbonyl (C=O) groups excluding carboxylic acids is 1. The highest BCUT2D eigenvalue weighted by Crippen LogP contribution is 2.29. The maximum atomic E-state index is 13.1. The number of aliphatic imine (C=N–C) groups is 1. The van der Waals surface area contributed by atoms with Crippen LogP contribution in [0, 0.1) is 0 Å². The fourth-order valence-electron chi connectivity index (χ4n) is 4.87. The molecule has 33 heavy (non-hydrogen) atoms. The average molecular weight is 473 g/mol. The van der Waals surface area contributed by atoms with E-state index >= 15 is 0 Å². The van der Waals surface area contributed by atoms with E-state index in [2.05, 4.69) is 31.1 Å². The maximum Gasteiger partial charge on any atom is 0.289 e. The molecule has 2 aliphatic carbocycles. The largest absolute Gasteiger partial charge is 0.365 e. The lowest BCUT2D eigenvalue weighted by molar-refractivity contribution is 0.0923. The predicted octanol–water partition coefficient (Wildman–Crippen LogP) is 4.86. The van der Waals surface area contributed by atoms with Gasteiger partial charge in [-0.25, -0.2) is 9.97 Å². The number of anilines is 1. The first-order chi connectivity index (χ1) is 16.0. The van der Waals surface area contributed by atoms with E-state index in [1.54, 1.807) is 13.0 Å². The van der Waals surface area contributed by atoms with Gasteiger partial charge in [0.1, 0.15) is 11.7 Å². The number of rotatable bonds is 5. The Morgan fingerprint density at radius 2 is 1.79 bits per heavy atom. The second-order valence-electron chi connectivity index (χ2n) is 9.15. The van der Waals surface area contributed by atoms with E-state index in [9.17, 15) is 10.0 Å². The van der Waals surface area contributed by atoms with Crippen LogP contribution in [0.15, 0.2) is 23.2 Å². The number of amides is 1. The van der Waals surface area contributed by atoms with E-state index in [0.717, 1.165) is 56.8 Å². The van der Waals surface area contributed by atoms with Gasteiger partial charge in [0.25, 0.3) is 5.91 Å². The molecular formula is C24H33ClN6O2. The summed E-state index contributed by atoms with van der Waals surface area (Å²) in [7, 11) is 0. The first-order valence-corrected chi connectivity index (χ1v) is 12.4. The number of nitrogens with one attached hydrogen (secondary N) is 3. The topological polar surface area (TPSA) is 112 Å². The molecule has 1 heterocycles. The van der Waals surface area contributed by atoms with Crippen LogP contribution in [0.2, 0.25) is 5.02 Å². The molecule has 0 radical (unpaired) electrons. The van der Waals surface area contributed by atoms with Crippen molar-refractivity contribution in [3.05, 3.63) is 29.0 Å². The third-order valence-corrected chi connectivity index (χ3v) is 6.86. The van der Waals surface area contributed by atoms with Crippen LogP contribution >= 0.6 is 11.6 Å². The Balaban J connectivity index is 1.63. The standard InChI is InChI=1S/C24H33ClN6O2/c1-15(31-33)26-20-10-6-7-11-21(20)29-22-18-14-16(25)12-13-19(18)28-23(30-22)24(32)27-17-8-4-2-3-5-9-17/h12-14,17,20-21,33H,2-11H2,1H3,(H,26,31)(H,27,32)(H,28,29,30)/t20-,21+/m1/s1. The number of hydroxylamine groups is 1. The molecule has 1 amide bonds. The van der Waals surface area contributed by atoms with Crippen LogP contribution in [0.4, 0.5) is 5.82 Å². The highest BCUT2D eigenvalue weighted by Gasteiger charge is 2.27. The van der Waals surface area contributed by atoms with Gasteiger partial charge in [-0.2, -0.15) is 0 Å². The van der Waals surface area contributed by atoms with Gasteiger partial charge in [-0.15, -0.1) is 0 Å². The molecule has 1 aromatic heterocycles. The molecule has 2 aromatic rings. The summed E-state index contributed by atoms with van der Waals surface area (Å²) in [6, 6.07) is 5.61. The Labute approximate surface area is 199 Å². The molecule has 0 spiro atoms. The van der Waals surface area contributed by atoms with Gasteiger partial charge in [0.2, 0.25) is 5.82 Å². The zero-order valence-corrected chi connectivity index (χ0v) is 19.9. The molecule has 2 aliphatic rings. The number of aromatic nitrogens is 2. The molecule has 8 nitrogen and oxygen atoms in total. The van der Waals surface area contributed by atoms with Crippen LogP contribution in [-0.4, -0.2) is 45.0 Å². The maximum absolute atomic E-state index is 13.1. The number of benzene rings is 1. The molecule has 0 unspecified atom stereocenters. The minimum Gasteiger partial charge on any atom is -0.365 e. The van der Waals surface area contributed by atoms with E-state index in [-0.39, 0.29) is 29.9 Å². The van der Waals surface area contributed by atoms with Crippen molar-refractivity contribution in [3.8, 4) is 0 Å². The second-order valence-corrected chi connectivity index (χ2v) is 9.58. The minimum absolute atomic E-state index is 0.00846. The molecule has 9 heteroatoms. The summed E-state index contributed by atoms with van der Waals surface area (Å²) >= 11 is 6.28. The van der Waals surface area contributed by atoms with E-state index in [1.165, 1.54) is 12.8 Å². The smallest absolute Gasteiger partial charge is 0.289 e. The number of hydrogen-bond donors (Lipinski definition) is 4. The van der Waals surface area contributed by atoms with Crippen molar-refractivity contribution in [2.75, 3.05) is 5.32 Å². The number of hydrogen-bond acceptors (Lipinski definition) is 6. The Hall–Kier alpha value is -2.45. The van der Waals surface area contributed by atoms with Gasteiger partial charge in [-0.05, 0) is 50.8 Å². The van der Waals surface area contributed by atoms with Gasteiger partial charge in [0, 0.05) is 22.5 Å². The molecule has 2 fully saturated rings. The van der Waals surface area contributed by atoms with Crippen LogP contribution < -0.4 is 16.1 Å². The van der Waals surface area contributed by atoms with Gasteiger partial charge in [-0.1, -0.05) is 50.1 Å². The Morgan fingerprint density at radius 1 is 1.06 bits per heavy atom. The lowest BCUT2D eigenvalue weighted by atomic mass is 9.90. The number of amidine groups is 1. The number of carbonyl (C=O) groups is 1. The number of fused-ring (bicyclic) bond motifs is 1. The fraction of sp³-hybridized carbons (Fsp3) is 0.583. The van der Waals surface area contributed by atoms with Crippen molar-refractivity contribution in [1.29, 1.82) is 0 Å². The van der Waals surface area contributed by atoms with Gasteiger partial charge >= 0.3 is 0 Å². The van der Waals surface area contributed by atoms with Gasteiger partial charge in [0.15, 0.2) is 0 Å². The molecule has 0 aliphatic heterocycles. The van der Waals surface area contributed by atoms with Crippen LogP contribution in [-0.2, 0) is 0 Å². The van der Waals surface area contributed by atoms with Crippen LogP contribution in [0.5, 0.6) is 0 Å². The summed E-state index contributed by atoms with van der Waals surface area (Å²) in [5.41, 5.74) is 2.80. The zero-order valence-electron chi connectivity index (χ0n) is 19.1. The second kappa shape index (κ2) is 11.1. The van der Waals surface area contributed by atoms with E-state index in [4.69, 9.17) is 11.6 Å². The quantitative estimate of drug-likeness (QED) is 0.214. The summed E-state index contributed by atoms with van der Waals surface area (Å²) in [5.74, 6) is 1.00. The van der Waals surface area contributed by atoms with Crippen molar-refractivity contribution in [2.24, 2.45) is 4.99 Å². The summed E-state index contributed by atoms with van der Waals surface area (Å²) in [5, 5.41) is 17.2. The molecule has 0 bridgehead atoms. The normalized spacial score (nSPS) is 22.6. The van der Waals surface area contributed by atoms with Crippen LogP contribution in [0.25, 0.3) is 10.9 Å². The fourth-order valence-corrected chi connectivity index (χ4v) is 5.05. The minimum atomic E-state index is -0.236. The van der Waals surface area contributed by atoms with Crippen molar-refractivity contribution in [1.82, 2.24) is 20.8 Å². The van der Waals surface area contributed by atoms with Crippen molar-refractivity contribution in [2.45, 2.75) is 89.3 Å². The van der Waals surface area contributed by atoms with Crippen molar-refractivity contribution in [3.63, 3.8) is 0 Å². The molecular weight excluding hydrogens is 440 g/mol. The lowest BCUT2D eigenvalue weighted by Gasteiger charge is -2.30. The summed E-state index contributed by atoms with van der Waals surface area (Å²) in [4.78, 5) is 26.9. The van der Waals surface area contributed by atoms with Crippen molar-refractivity contribution < 1.29 is 10.0 Å². The zero-order chi connectivity index (χ0) is 23.2. The van der Waals surface area contributed by atoms with E-state index in [1.807, 2.05) is 12.1 Å². The Morgan fingerprint density at radius 3 is 2.55 bits per heavy atom. The summed E-state index contributed by atoms with van der Waals surface area (Å²) in [6.07, 6.45) is 10.7. The van der Waals surface area contributed by atoms with Gasteiger partial charge < -0.3 is 10.6 Å². The summed E-state index contributed by atoms with van der Waals surface area (Å²) < 4.78 is 0. The monoisotopic (exact) mass is 472 g/mol. The highest BCUT2D eigenvalue weighted by molar-refractivity contribution is 6.31. The molecule has 0 saturated heterocycles. The van der Waals surface area contributed by atoms with E-state index in [0.29, 0.717) is 22.2 Å². The number of nitrogens with zero attached hydrogens (tertiary/aromatic N) is 3. The number of halogens is 1. The summed E-state index contributed by atoms with van der Waals surface area (Å²) in [6.45, 7) is 1.74. The Kier molecular flexibility index (Phi) is 7.98. The average Bonchev–Trinajstić information content (AvgIpc) is 3.09.